The predicted octanol–water partition coefficient (Wildman–Crippen LogP) is 3.39. The topological polar surface area (TPSA) is 73.5 Å². The first-order valence-corrected chi connectivity index (χ1v) is 9.53. The van der Waals surface area contributed by atoms with E-state index in [0.29, 0.717) is 12.1 Å². The standard InChI is InChI=1S/C22H26N4O2/c1-2-14-23-21(27)19-10-6-7-11-20(19)26-15-12-18(13-16-26)25-22(28)24-17-8-4-3-5-9-17/h2-11,18H,1,12-16H2,(H,23,27)(H2,24,25,28). The second kappa shape index (κ2) is 9.60. The molecule has 3 rings (SSSR count). The van der Waals surface area contributed by atoms with E-state index in [0.717, 1.165) is 37.3 Å². The van der Waals surface area contributed by atoms with Gasteiger partial charge in [-0.1, -0.05) is 36.4 Å². The molecular weight excluding hydrogens is 352 g/mol. The van der Waals surface area contributed by atoms with Gasteiger partial charge in [0.1, 0.15) is 0 Å². The van der Waals surface area contributed by atoms with Crippen molar-refractivity contribution in [1.29, 1.82) is 0 Å². The van der Waals surface area contributed by atoms with E-state index in [9.17, 15) is 9.59 Å². The molecular formula is C22H26N4O2. The molecule has 1 saturated heterocycles. The molecule has 146 valence electrons. The minimum atomic E-state index is -0.186. The summed E-state index contributed by atoms with van der Waals surface area (Å²) in [4.78, 5) is 26.8. The largest absolute Gasteiger partial charge is 0.371 e. The Kier molecular flexibility index (Phi) is 6.68. The average Bonchev–Trinajstić information content (AvgIpc) is 2.73. The van der Waals surface area contributed by atoms with Crippen LogP contribution < -0.4 is 20.9 Å². The van der Waals surface area contributed by atoms with E-state index in [2.05, 4.69) is 27.4 Å². The molecule has 0 bridgehead atoms. The van der Waals surface area contributed by atoms with Crippen molar-refractivity contribution >= 4 is 23.3 Å². The number of para-hydroxylation sites is 2. The van der Waals surface area contributed by atoms with Gasteiger partial charge in [-0.25, -0.2) is 4.79 Å². The molecule has 0 aromatic heterocycles. The van der Waals surface area contributed by atoms with Crippen molar-refractivity contribution in [1.82, 2.24) is 10.6 Å². The molecule has 0 radical (unpaired) electrons. The van der Waals surface area contributed by atoms with Crippen LogP contribution in [0.15, 0.2) is 67.3 Å². The molecule has 1 aliphatic heterocycles. The Morgan fingerprint density at radius 1 is 1.04 bits per heavy atom. The molecule has 1 aliphatic rings. The number of piperidine rings is 1. The smallest absolute Gasteiger partial charge is 0.319 e. The highest BCUT2D eigenvalue weighted by molar-refractivity contribution is 5.99. The SMILES string of the molecule is C=CCNC(=O)c1ccccc1N1CCC(NC(=O)Nc2ccccc2)CC1. The summed E-state index contributed by atoms with van der Waals surface area (Å²) in [5, 5.41) is 8.73. The number of nitrogens with zero attached hydrogens (tertiary/aromatic N) is 1. The number of hydrogen-bond donors (Lipinski definition) is 3. The van der Waals surface area contributed by atoms with Crippen LogP contribution in [-0.4, -0.2) is 37.6 Å². The normalized spacial score (nSPS) is 14.2. The summed E-state index contributed by atoms with van der Waals surface area (Å²) < 4.78 is 0. The quantitative estimate of drug-likeness (QED) is 0.675. The van der Waals surface area contributed by atoms with Crippen molar-refractivity contribution in [2.24, 2.45) is 0 Å². The maximum Gasteiger partial charge on any atom is 0.319 e. The third kappa shape index (κ3) is 5.13. The summed E-state index contributed by atoms with van der Waals surface area (Å²) in [7, 11) is 0. The molecule has 0 unspecified atom stereocenters. The van der Waals surface area contributed by atoms with Gasteiger partial charge in [-0.05, 0) is 37.1 Å². The second-order valence-electron chi connectivity index (χ2n) is 6.74. The highest BCUT2D eigenvalue weighted by Crippen LogP contribution is 2.24. The van der Waals surface area contributed by atoms with E-state index in [1.807, 2.05) is 54.6 Å². The fourth-order valence-electron chi connectivity index (χ4n) is 3.34. The second-order valence-corrected chi connectivity index (χ2v) is 6.74. The zero-order valence-corrected chi connectivity index (χ0v) is 15.9. The Bertz CT molecular complexity index is 814. The van der Waals surface area contributed by atoms with Gasteiger partial charge in [-0.15, -0.1) is 6.58 Å². The Labute approximate surface area is 165 Å². The van der Waals surface area contributed by atoms with E-state index < -0.39 is 0 Å². The number of rotatable bonds is 6. The van der Waals surface area contributed by atoms with Crippen LogP contribution in [-0.2, 0) is 0 Å². The fourth-order valence-corrected chi connectivity index (χ4v) is 3.34. The van der Waals surface area contributed by atoms with Crippen molar-refractivity contribution in [2.45, 2.75) is 18.9 Å². The molecule has 0 saturated carbocycles. The van der Waals surface area contributed by atoms with E-state index in [-0.39, 0.29) is 18.0 Å². The van der Waals surface area contributed by atoms with Crippen LogP contribution in [0.2, 0.25) is 0 Å². The lowest BCUT2D eigenvalue weighted by molar-refractivity contribution is 0.0958. The first-order valence-electron chi connectivity index (χ1n) is 9.53. The summed E-state index contributed by atoms with van der Waals surface area (Å²) in [5.41, 5.74) is 2.37. The summed E-state index contributed by atoms with van der Waals surface area (Å²) in [6.45, 7) is 5.63. The van der Waals surface area contributed by atoms with Gasteiger partial charge in [0.05, 0.1) is 5.56 Å². The molecule has 28 heavy (non-hydrogen) atoms. The van der Waals surface area contributed by atoms with Gasteiger partial charge < -0.3 is 20.9 Å². The molecule has 3 amide bonds. The lowest BCUT2D eigenvalue weighted by Crippen LogP contribution is -2.46. The Balaban J connectivity index is 1.55. The summed E-state index contributed by atoms with van der Waals surface area (Å²) in [6, 6.07) is 16.9. The average molecular weight is 378 g/mol. The number of nitrogens with one attached hydrogen (secondary N) is 3. The molecule has 6 nitrogen and oxygen atoms in total. The number of amides is 3. The van der Waals surface area contributed by atoms with Crippen LogP contribution in [0.4, 0.5) is 16.2 Å². The number of carbonyl (C=O) groups is 2. The van der Waals surface area contributed by atoms with Gasteiger partial charge in [-0.2, -0.15) is 0 Å². The molecule has 0 spiro atoms. The first-order chi connectivity index (χ1) is 13.7. The number of carbonyl (C=O) groups excluding carboxylic acids is 2. The van der Waals surface area contributed by atoms with E-state index in [1.165, 1.54) is 0 Å². The summed E-state index contributed by atoms with van der Waals surface area (Å²) in [5.74, 6) is -0.0991. The van der Waals surface area contributed by atoms with Gasteiger partial charge in [0.15, 0.2) is 0 Å². The Hall–Kier alpha value is -3.28. The van der Waals surface area contributed by atoms with Crippen LogP contribution in [0.5, 0.6) is 0 Å². The summed E-state index contributed by atoms with van der Waals surface area (Å²) >= 11 is 0. The Morgan fingerprint density at radius 2 is 1.71 bits per heavy atom. The zero-order valence-electron chi connectivity index (χ0n) is 15.9. The molecule has 3 N–H and O–H groups in total. The summed E-state index contributed by atoms with van der Waals surface area (Å²) in [6.07, 6.45) is 3.31. The van der Waals surface area contributed by atoms with Crippen LogP contribution in [0.25, 0.3) is 0 Å². The van der Waals surface area contributed by atoms with Crippen molar-refractivity contribution < 1.29 is 9.59 Å². The Morgan fingerprint density at radius 3 is 2.43 bits per heavy atom. The predicted molar refractivity (Wildman–Crippen MR) is 113 cm³/mol. The number of benzene rings is 2. The van der Waals surface area contributed by atoms with Crippen LogP contribution in [0, 0.1) is 0 Å². The molecule has 2 aromatic carbocycles. The lowest BCUT2D eigenvalue weighted by atomic mass is 10.0. The van der Waals surface area contributed by atoms with Gasteiger partial charge in [-0.3, -0.25) is 4.79 Å². The number of anilines is 2. The molecule has 0 aliphatic carbocycles. The molecule has 0 atom stereocenters. The van der Waals surface area contributed by atoms with E-state index in [4.69, 9.17) is 0 Å². The van der Waals surface area contributed by atoms with Gasteiger partial charge in [0.25, 0.3) is 5.91 Å². The van der Waals surface area contributed by atoms with Crippen molar-refractivity contribution in [3.05, 3.63) is 72.8 Å². The van der Waals surface area contributed by atoms with Gasteiger partial charge in [0, 0.05) is 37.1 Å². The minimum absolute atomic E-state index is 0.0991. The molecule has 2 aromatic rings. The van der Waals surface area contributed by atoms with E-state index in [1.54, 1.807) is 6.08 Å². The van der Waals surface area contributed by atoms with Crippen molar-refractivity contribution in [3.63, 3.8) is 0 Å². The minimum Gasteiger partial charge on any atom is -0.371 e. The molecule has 1 fully saturated rings. The maximum atomic E-state index is 12.4. The highest BCUT2D eigenvalue weighted by atomic mass is 16.2. The maximum absolute atomic E-state index is 12.4. The zero-order chi connectivity index (χ0) is 19.8. The highest BCUT2D eigenvalue weighted by Gasteiger charge is 2.23. The molecule has 1 heterocycles. The van der Waals surface area contributed by atoms with Crippen molar-refractivity contribution in [2.75, 3.05) is 29.9 Å². The first kappa shape index (κ1) is 19.5. The monoisotopic (exact) mass is 378 g/mol. The van der Waals surface area contributed by atoms with Crippen LogP contribution in [0.3, 0.4) is 0 Å². The number of urea groups is 1. The third-order valence-electron chi connectivity index (χ3n) is 4.76. The van der Waals surface area contributed by atoms with Crippen LogP contribution >= 0.6 is 0 Å². The van der Waals surface area contributed by atoms with Crippen molar-refractivity contribution in [3.8, 4) is 0 Å². The lowest BCUT2D eigenvalue weighted by Gasteiger charge is -2.34. The van der Waals surface area contributed by atoms with E-state index >= 15 is 0 Å². The third-order valence-corrected chi connectivity index (χ3v) is 4.76. The molecule has 6 heteroatoms. The van der Waals surface area contributed by atoms with Gasteiger partial charge in [0.2, 0.25) is 0 Å². The fraction of sp³-hybridized carbons (Fsp3) is 0.273. The number of hydrogen-bond acceptors (Lipinski definition) is 3. The van der Waals surface area contributed by atoms with Crippen LogP contribution in [0.1, 0.15) is 23.2 Å². The van der Waals surface area contributed by atoms with Gasteiger partial charge >= 0.3 is 6.03 Å².